The molecule has 0 bridgehead atoms. The molecule has 0 saturated carbocycles. The second-order valence-electron chi connectivity index (χ2n) is 4.75. The number of esters is 1. The molecule has 0 fully saturated rings. The first-order valence-electron chi connectivity index (χ1n) is 6.70. The standard InChI is InChI=1S/C16H14ClFN2O3/c1-9(15(21)20-14-5-3-2-4-12(14)18)23-16(22)10-6-7-11(17)13(19)8-10/h2-9H,19H2,1H3,(H,20,21)/t9-/m0/s1. The zero-order valence-corrected chi connectivity index (χ0v) is 12.9. The number of benzene rings is 2. The van der Waals surface area contributed by atoms with Crippen molar-refractivity contribution in [1.29, 1.82) is 0 Å². The van der Waals surface area contributed by atoms with Crippen molar-refractivity contribution in [2.24, 2.45) is 0 Å². The summed E-state index contributed by atoms with van der Waals surface area (Å²) in [4.78, 5) is 23.9. The largest absolute Gasteiger partial charge is 0.449 e. The predicted octanol–water partition coefficient (Wildman–Crippen LogP) is 3.25. The highest BCUT2D eigenvalue weighted by atomic mass is 35.5. The number of amides is 1. The SMILES string of the molecule is C[C@H](OC(=O)c1ccc(Cl)c(N)c1)C(=O)Nc1ccccc1F. The van der Waals surface area contributed by atoms with Crippen molar-refractivity contribution >= 4 is 34.9 Å². The first-order valence-corrected chi connectivity index (χ1v) is 7.07. The maximum absolute atomic E-state index is 13.5. The summed E-state index contributed by atoms with van der Waals surface area (Å²) < 4.78 is 18.5. The third kappa shape index (κ3) is 4.20. The molecule has 2 aromatic carbocycles. The smallest absolute Gasteiger partial charge is 0.338 e. The molecule has 0 aromatic heterocycles. The fraction of sp³-hybridized carbons (Fsp3) is 0.125. The molecule has 0 aliphatic heterocycles. The van der Waals surface area contributed by atoms with E-state index in [0.717, 1.165) is 0 Å². The fourth-order valence-corrected chi connectivity index (χ4v) is 1.87. The average molecular weight is 337 g/mol. The number of nitrogens with two attached hydrogens (primary N) is 1. The lowest BCUT2D eigenvalue weighted by Gasteiger charge is -2.14. The molecular formula is C16H14ClFN2O3. The van der Waals surface area contributed by atoms with Gasteiger partial charge in [0.15, 0.2) is 6.10 Å². The molecule has 2 aromatic rings. The zero-order chi connectivity index (χ0) is 17.0. The molecular weight excluding hydrogens is 323 g/mol. The van der Waals surface area contributed by atoms with E-state index >= 15 is 0 Å². The van der Waals surface area contributed by atoms with Gasteiger partial charge in [0.25, 0.3) is 5.91 Å². The number of ether oxygens (including phenoxy) is 1. The van der Waals surface area contributed by atoms with E-state index in [1.807, 2.05) is 0 Å². The first-order chi connectivity index (χ1) is 10.9. The summed E-state index contributed by atoms with van der Waals surface area (Å²) in [6.45, 7) is 1.38. The second-order valence-corrected chi connectivity index (χ2v) is 5.16. The molecule has 2 rings (SSSR count). The molecule has 1 amide bonds. The number of anilines is 2. The van der Waals surface area contributed by atoms with Crippen molar-refractivity contribution in [1.82, 2.24) is 0 Å². The van der Waals surface area contributed by atoms with Gasteiger partial charge in [-0.3, -0.25) is 4.79 Å². The lowest BCUT2D eigenvalue weighted by atomic mass is 10.2. The molecule has 3 N–H and O–H groups in total. The van der Waals surface area contributed by atoms with E-state index in [1.54, 1.807) is 6.07 Å². The topological polar surface area (TPSA) is 81.4 Å². The molecule has 1 atom stereocenters. The van der Waals surface area contributed by atoms with Gasteiger partial charge in [0.2, 0.25) is 0 Å². The highest BCUT2D eigenvalue weighted by molar-refractivity contribution is 6.33. The second kappa shape index (κ2) is 7.11. The summed E-state index contributed by atoms with van der Waals surface area (Å²) >= 11 is 5.77. The Morgan fingerprint density at radius 2 is 1.96 bits per heavy atom. The van der Waals surface area contributed by atoms with Crippen LogP contribution in [0.2, 0.25) is 5.02 Å². The van der Waals surface area contributed by atoms with Crippen LogP contribution in [0.4, 0.5) is 15.8 Å². The number of hydrogen-bond donors (Lipinski definition) is 2. The van der Waals surface area contributed by atoms with Crippen LogP contribution in [0.3, 0.4) is 0 Å². The van der Waals surface area contributed by atoms with Gasteiger partial charge < -0.3 is 15.8 Å². The van der Waals surface area contributed by atoms with E-state index in [1.165, 1.54) is 43.3 Å². The van der Waals surface area contributed by atoms with Crippen LogP contribution >= 0.6 is 11.6 Å². The van der Waals surface area contributed by atoms with Gasteiger partial charge in [-0.1, -0.05) is 23.7 Å². The van der Waals surface area contributed by atoms with Crippen LogP contribution in [0, 0.1) is 5.82 Å². The van der Waals surface area contributed by atoms with Crippen molar-refractivity contribution in [3.8, 4) is 0 Å². The maximum atomic E-state index is 13.5. The van der Waals surface area contributed by atoms with Gasteiger partial charge in [0.05, 0.1) is 22.0 Å². The van der Waals surface area contributed by atoms with Crippen molar-refractivity contribution < 1.29 is 18.7 Å². The number of carbonyl (C=O) groups is 2. The molecule has 0 aliphatic carbocycles. The number of nitrogen functional groups attached to an aromatic ring is 1. The number of carbonyl (C=O) groups excluding carboxylic acids is 2. The Kier molecular flexibility index (Phi) is 5.18. The zero-order valence-electron chi connectivity index (χ0n) is 12.2. The van der Waals surface area contributed by atoms with Crippen LogP contribution in [0.15, 0.2) is 42.5 Å². The van der Waals surface area contributed by atoms with Gasteiger partial charge in [-0.15, -0.1) is 0 Å². The Morgan fingerprint density at radius 1 is 1.26 bits per heavy atom. The summed E-state index contributed by atoms with van der Waals surface area (Å²) in [5.74, 6) is -1.96. The van der Waals surface area contributed by atoms with Gasteiger partial charge in [-0.05, 0) is 37.3 Å². The minimum atomic E-state index is -1.11. The summed E-state index contributed by atoms with van der Waals surface area (Å²) in [6, 6.07) is 9.93. The van der Waals surface area contributed by atoms with Crippen molar-refractivity contribution in [3.05, 3.63) is 58.9 Å². The summed E-state index contributed by atoms with van der Waals surface area (Å²) in [6.07, 6.45) is -1.11. The number of para-hydroxylation sites is 1. The number of rotatable bonds is 4. The Labute approximate surface area is 137 Å². The fourth-order valence-electron chi connectivity index (χ4n) is 1.75. The van der Waals surface area contributed by atoms with E-state index in [4.69, 9.17) is 22.1 Å². The maximum Gasteiger partial charge on any atom is 0.338 e. The molecule has 0 unspecified atom stereocenters. The normalized spacial score (nSPS) is 11.6. The minimum absolute atomic E-state index is 0.0103. The van der Waals surface area contributed by atoms with Crippen LogP contribution in [0.5, 0.6) is 0 Å². The Morgan fingerprint density at radius 3 is 2.61 bits per heavy atom. The Bertz CT molecular complexity index is 752. The lowest BCUT2D eigenvalue weighted by molar-refractivity contribution is -0.123. The summed E-state index contributed by atoms with van der Waals surface area (Å²) in [5, 5.41) is 2.66. The molecule has 0 aliphatic rings. The van der Waals surface area contributed by atoms with Crippen molar-refractivity contribution in [2.45, 2.75) is 13.0 Å². The monoisotopic (exact) mass is 336 g/mol. The Hall–Kier alpha value is -2.60. The van der Waals surface area contributed by atoms with Gasteiger partial charge in [0.1, 0.15) is 5.82 Å². The number of nitrogens with one attached hydrogen (secondary N) is 1. The highest BCUT2D eigenvalue weighted by Gasteiger charge is 2.20. The van der Waals surface area contributed by atoms with Crippen LogP contribution < -0.4 is 11.1 Å². The third-order valence-corrected chi connectivity index (χ3v) is 3.36. The van der Waals surface area contributed by atoms with Gasteiger partial charge in [0, 0.05) is 0 Å². The van der Waals surface area contributed by atoms with E-state index in [-0.39, 0.29) is 16.9 Å². The third-order valence-electron chi connectivity index (χ3n) is 3.02. The highest BCUT2D eigenvalue weighted by Crippen LogP contribution is 2.20. The molecule has 120 valence electrons. The van der Waals surface area contributed by atoms with Crippen LogP contribution in [0.1, 0.15) is 17.3 Å². The van der Waals surface area contributed by atoms with E-state index in [0.29, 0.717) is 5.02 Å². The van der Waals surface area contributed by atoms with Crippen molar-refractivity contribution in [3.63, 3.8) is 0 Å². The van der Waals surface area contributed by atoms with E-state index in [2.05, 4.69) is 5.32 Å². The molecule has 23 heavy (non-hydrogen) atoms. The van der Waals surface area contributed by atoms with Gasteiger partial charge in [-0.25, -0.2) is 9.18 Å². The van der Waals surface area contributed by atoms with Gasteiger partial charge in [-0.2, -0.15) is 0 Å². The number of hydrogen-bond acceptors (Lipinski definition) is 4. The molecule has 7 heteroatoms. The lowest BCUT2D eigenvalue weighted by Crippen LogP contribution is -2.30. The van der Waals surface area contributed by atoms with E-state index < -0.39 is 23.8 Å². The average Bonchev–Trinajstić information content (AvgIpc) is 2.52. The molecule has 0 heterocycles. The van der Waals surface area contributed by atoms with Crippen molar-refractivity contribution in [2.75, 3.05) is 11.1 Å². The summed E-state index contributed by atoms with van der Waals surface area (Å²) in [7, 11) is 0. The minimum Gasteiger partial charge on any atom is -0.449 e. The van der Waals surface area contributed by atoms with Crippen LogP contribution in [-0.4, -0.2) is 18.0 Å². The summed E-state index contributed by atoms with van der Waals surface area (Å²) in [5.41, 5.74) is 6.01. The van der Waals surface area contributed by atoms with Gasteiger partial charge >= 0.3 is 5.97 Å². The first kappa shape index (κ1) is 16.8. The van der Waals surface area contributed by atoms with E-state index in [9.17, 15) is 14.0 Å². The van der Waals surface area contributed by atoms with Crippen LogP contribution in [0.25, 0.3) is 0 Å². The predicted molar refractivity (Wildman–Crippen MR) is 85.8 cm³/mol. The van der Waals surface area contributed by atoms with Crippen LogP contribution in [-0.2, 0) is 9.53 Å². The molecule has 0 spiro atoms. The molecule has 5 nitrogen and oxygen atoms in total. The molecule has 0 saturated heterocycles. The quantitative estimate of drug-likeness (QED) is 0.663. The Balaban J connectivity index is 2.01. The number of halogens is 2. The molecule has 0 radical (unpaired) electrons.